The molecule has 0 radical (unpaired) electrons. The van der Waals surface area contributed by atoms with Crippen LogP contribution in [0.25, 0.3) is 10.9 Å². The zero-order valence-corrected chi connectivity index (χ0v) is 11.8. The Labute approximate surface area is 114 Å². The molecule has 1 aromatic heterocycles. The fourth-order valence-electron chi connectivity index (χ4n) is 2.48. The first-order valence-corrected chi connectivity index (χ1v) is 6.86. The summed E-state index contributed by atoms with van der Waals surface area (Å²) in [6.07, 6.45) is 1.82. The first-order valence-electron chi connectivity index (χ1n) is 6.86. The maximum absolute atomic E-state index is 6.43. The third-order valence-corrected chi connectivity index (χ3v) is 3.39. The second kappa shape index (κ2) is 6.13. The van der Waals surface area contributed by atoms with Crippen molar-refractivity contribution in [2.45, 2.75) is 32.9 Å². The number of para-hydroxylation sites is 1. The highest BCUT2D eigenvalue weighted by molar-refractivity contribution is 5.82. The SMILES string of the molecule is CCOC(C(C)C)C(N)c1cccc2cccnc12. The molecule has 102 valence electrons. The van der Waals surface area contributed by atoms with Crippen LogP contribution in [0.1, 0.15) is 32.4 Å². The molecule has 0 saturated carbocycles. The number of ether oxygens (including phenoxy) is 1. The van der Waals surface area contributed by atoms with E-state index in [1.807, 2.05) is 25.3 Å². The van der Waals surface area contributed by atoms with Crippen LogP contribution in [-0.4, -0.2) is 17.7 Å². The number of hydrogen-bond acceptors (Lipinski definition) is 3. The lowest BCUT2D eigenvalue weighted by Gasteiger charge is -2.28. The van der Waals surface area contributed by atoms with E-state index in [0.29, 0.717) is 12.5 Å². The molecule has 0 bridgehead atoms. The van der Waals surface area contributed by atoms with Gasteiger partial charge in [0.25, 0.3) is 0 Å². The zero-order valence-electron chi connectivity index (χ0n) is 11.8. The van der Waals surface area contributed by atoms with Gasteiger partial charge in [-0.1, -0.05) is 38.1 Å². The predicted molar refractivity (Wildman–Crippen MR) is 78.9 cm³/mol. The summed E-state index contributed by atoms with van der Waals surface area (Å²) in [5.74, 6) is 0.369. The molecule has 2 N–H and O–H groups in total. The van der Waals surface area contributed by atoms with Crippen molar-refractivity contribution in [2.24, 2.45) is 11.7 Å². The Morgan fingerprint density at radius 1 is 1.21 bits per heavy atom. The van der Waals surface area contributed by atoms with Crippen LogP contribution in [0.3, 0.4) is 0 Å². The maximum atomic E-state index is 6.43. The summed E-state index contributed by atoms with van der Waals surface area (Å²) in [6, 6.07) is 9.99. The van der Waals surface area contributed by atoms with Gasteiger partial charge in [-0.25, -0.2) is 0 Å². The second-order valence-electron chi connectivity index (χ2n) is 5.11. The van der Waals surface area contributed by atoms with Crippen LogP contribution in [0.15, 0.2) is 36.5 Å². The Kier molecular flexibility index (Phi) is 4.51. The molecule has 0 saturated heterocycles. The van der Waals surface area contributed by atoms with Gasteiger partial charge in [0.1, 0.15) is 0 Å². The summed E-state index contributed by atoms with van der Waals surface area (Å²) in [5.41, 5.74) is 8.46. The molecule has 19 heavy (non-hydrogen) atoms. The standard InChI is InChI=1S/C16H22N2O/c1-4-19-16(11(2)3)14(17)13-9-5-7-12-8-6-10-18-15(12)13/h5-11,14,16H,4,17H2,1-3H3. The summed E-state index contributed by atoms with van der Waals surface area (Å²) in [4.78, 5) is 4.47. The lowest BCUT2D eigenvalue weighted by molar-refractivity contribution is 0.0124. The molecule has 3 nitrogen and oxygen atoms in total. The van der Waals surface area contributed by atoms with Gasteiger partial charge >= 0.3 is 0 Å². The Morgan fingerprint density at radius 3 is 2.63 bits per heavy atom. The van der Waals surface area contributed by atoms with Crippen LogP contribution in [-0.2, 0) is 4.74 Å². The molecule has 0 spiro atoms. The van der Waals surface area contributed by atoms with Crippen molar-refractivity contribution >= 4 is 10.9 Å². The highest BCUT2D eigenvalue weighted by Crippen LogP contribution is 2.27. The quantitative estimate of drug-likeness (QED) is 0.895. The Bertz CT molecular complexity index is 534. The summed E-state index contributed by atoms with van der Waals surface area (Å²) < 4.78 is 5.82. The van der Waals surface area contributed by atoms with Crippen molar-refractivity contribution in [3.05, 3.63) is 42.1 Å². The van der Waals surface area contributed by atoms with E-state index in [9.17, 15) is 0 Å². The number of hydrogen-bond donors (Lipinski definition) is 1. The molecule has 0 amide bonds. The van der Waals surface area contributed by atoms with Gasteiger partial charge in [-0.3, -0.25) is 4.98 Å². The zero-order chi connectivity index (χ0) is 13.8. The summed E-state index contributed by atoms with van der Waals surface area (Å²) in [7, 11) is 0. The van der Waals surface area contributed by atoms with Crippen molar-refractivity contribution in [3.8, 4) is 0 Å². The van der Waals surface area contributed by atoms with Gasteiger partial charge in [-0.05, 0) is 24.5 Å². The number of benzene rings is 1. The van der Waals surface area contributed by atoms with Gasteiger partial charge in [0, 0.05) is 18.2 Å². The number of pyridine rings is 1. The van der Waals surface area contributed by atoms with Crippen LogP contribution in [0.4, 0.5) is 0 Å². The van der Waals surface area contributed by atoms with Crippen LogP contribution in [0, 0.1) is 5.92 Å². The topological polar surface area (TPSA) is 48.1 Å². The molecule has 0 aliphatic heterocycles. The molecule has 2 rings (SSSR count). The van der Waals surface area contributed by atoms with E-state index in [-0.39, 0.29) is 12.1 Å². The van der Waals surface area contributed by atoms with E-state index in [1.54, 1.807) is 0 Å². The fourth-order valence-corrected chi connectivity index (χ4v) is 2.48. The minimum atomic E-state index is -0.154. The smallest absolute Gasteiger partial charge is 0.0791 e. The first-order chi connectivity index (χ1) is 9.15. The highest BCUT2D eigenvalue weighted by atomic mass is 16.5. The van der Waals surface area contributed by atoms with Crippen LogP contribution < -0.4 is 5.73 Å². The van der Waals surface area contributed by atoms with Gasteiger partial charge in [-0.15, -0.1) is 0 Å². The predicted octanol–water partition coefficient (Wildman–Crippen LogP) is 3.30. The van der Waals surface area contributed by atoms with Gasteiger partial charge in [0.15, 0.2) is 0 Å². The van der Waals surface area contributed by atoms with E-state index in [1.165, 1.54) is 0 Å². The lowest BCUT2D eigenvalue weighted by atomic mass is 9.92. The average Bonchev–Trinajstić information content (AvgIpc) is 2.43. The summed E-state index contributed by atoms with van der Waals surface area (Å²) in [5, 5.41) is 1.12. The van der Waals surface area contributed by atoms with Crippen molar-refractivity contribution in [3.63, 3.8) is 0 Å². The van der Waals surface area contributed by atoms with E-state index in [0.717, 1.165) is 16.5 Å². The third-order valence-electron chi connectivity index (χ3n) is 3.39. The van der Waals surface area contributed by atoms with Gasteiger partial charge < -0.3 is 10.5 Å². The van der Waals surface area contributed by atoms with Gasteiger partial charge in [0.2, 0.25) is 0 Å². The molecule has 0 aliphatic carbocycles. The molecular weight excluding hydrogens is 236 g/mol. The van der Waals surface area contributed by atoms with Gasteiger partial charge in [-0.2, -0.15) is 0 Å². The number of rotatable bonds is 5. The monoisotopic (exact) mass is 258 g/mol. The lowest BCUT2D eigenvalue weighted by Crippen LogP contribution is -2.33. The molecule has 3 heteroatoms. The summed E-state index contributed by atoms with van der Waals surface area (Å²) >= 11 is 0. The normalized spacial score (nSPS) is 14.8. The minimum absolute atomic E-state index is 0.0117. The first kappa shape index (κ1) is 14.0. The van der Waals surface area contributed by atoms with Gasteiger partial charge in [0.05, 0.1) is 17.7 Å². The fraction of sp³-hybridized carbons (Fsp3) is 0.438. The van der Waals surface area contributed by atoms with Crippen molar-refractivity contribution in [2.75, 3.05) is 6.61 Å². The Balaban J connectivity index is 2.42. The van der Waals surface area contributed by atoms with Crippen LogP contribution >= 0.6 is 0 Å². The molecule has 2 atom stereocenters. The van der Waals surface area contributed by atoms with Crippen LogP contribution in [0.5, 0.6) is 0 Å². The highest BCUT2D eigenvalue weighted by Gasteiger charge is 2.24. The molecular formula is C16H22N2O. The average molecular weight is 258 g/mol. The third kappa shape index (κ3) is 2.94. The van der Waals surface area contributed by atoms with Crippen molar-refractivity contribution in [1.29, 1.82) is 0 Å². The molecule has 0 fully saturated rings. The van der Waals surface area contributed by atoms with Crippen molar-refractivity contribution < 1.29 is 4.74 Å². The molecule has 0 aliphatic rings. The molecule has 2 aromatic rings. The molecule has 1 aromatic carbocycles. The number of aromatic nitrogens is 1. The van der Waals surface area contributed by atoms with E-state index in [4.69, 9.17) is 10.5 Å². The largest absolute Gasteiger partial charge is 0.376 e. The van der Waals surface area contributed by atoms with E-state index >= 15 is 0 Å². The number of nitrogens with zero attached hydrogens (tertiary/aromatic N) is 1. The van der Waals surface area contributed by atoms with E-state index < -0.39 is 0 Å². The summed E-state index contributed by atoms with van der Waals surface area (Å²) in [6.45, 7) is 6.95. The minimum Gasteiger partial charge on any atom is -0.376 e. The van der Waals surface area contributed by atoms with E-state index in [2.05, 4.69) is 37.0 Å². The molecule has 1 heterocycles. The number of nitrogens with two attached hydrogens (primary N) is 1. The second-order valence-corrected chi connectivity index (χ2v) is 5.11. The van der Waals surface area contributed by atoms with Crippen LogP contribution in [0.2, 0.25) is 0 Å². The molecule has 2 unspecified atom stereocenters. The Morgan fingerprint density at radius 2 is 1.95 bits per heavy atom. The maximum Gasteiger partial charge on any atom is 0.0791 e. The number of fused-ring (bicyclic) bond motifs is 1. The van der Waals surface area contributed by atoms with Crippen molar-refractivity contribution in [1.82, 2.24) is 4.98 Å². The Hall–Kier alpha value is -1.45.